The van der Waals surface area contributed by atoms with Crippen LogP contribution >= 0.6 is 0 Å². The number of likely N-dealkylation sites (tertiary alicyclic amines) is 1. The number of nitrogens with zero attached hydrogens (tertiary/aromatic N) is 2. The van der Waals surface area contributed by atoms with E-state index in [4.69, 9.17) is 9.47 Å². The Labute approximate surface area is 158 Å². The van der Waals surface area contributed by atoms with Crippen LogP contribution in [0.5, 0.6) is 11.5 Å². The van der Waals surface area contributed by atoms with Gasteiger partial charge in [0.15, 0.2) is 17.5 Å². The number of aliphatic imine (C=N–C) groups is 1. The van der Waals surface area contributed by atoms with Crippen molar-refractivity contribution in [1.82, 2.24) is 15.5 Å². The normalized spacial score (nSPS) is 21.3. The Morgan fingerprint density at radius 2 is 1.81 bits per heavy atom. The van der Waals surface area contributed by atoms with Crippen molar-refractivity contribution in [1.29, 1.82) is 0 Å². The molecule has 1 saturated heterocycles. The van der Waals surface area contributed by atoms with Gasteiger partial charge in [-0.3, -0.25) is 4.99 Å². The first kappa shape index (κ1) is 20.4. The van der Waals surface area contributed by atoms with Gasteiger partial charge < -0.3 is 25.0 Å². The van der Waals surface area contributed by atoms with Crippen molar-refractivity contribution in [2.75, 3.05) is 47.4 Å². The van der Waals surface area contributed by atoms with Gasteiger partial charge >= 0.3 is 0 Å². The Morgan fingerprint density at radius 3 is 2.42 bits per heavy atom. The number of piperidine rings is 1. The van der Waals surface area contributed by atoms with E-state index in [-0.39, 0.29) is 0 Å². The second-order valence-corrected chi connectivity index (χ2v) is 7.25. The molecule has 0 aromatic heterocycles. The van der Waals surface area contributed by atoms with Crippen molar-refractivity contribution >= 4 is 5.96 Å². The summed E-state index contributed by atoms with van der Waals surface area (Å²) < 4.78 is 10.6. The monoisotopic (exact) mass is 362 g/mol. The molecule has 0 aliphatic carbocycles. The van der Waals surface area contributed by atoms with Crippen molar-refractivity contribution in [3.05, 3.63) is 23.8 Å². The topological polar surface area (TPSA) is 58.1 Å². The zero-order valence-corrected chi connectivity index (χ0v) is 16.8. The van der Waals surface area contributed by atoms with Crippen LogP contribution in [0.3, 0.4) is 0 Å². The van der Waals surface area contributed by atoms with Gasteiger partial charge in [0.25, 0.3) is 0 Å². The zero-order valence-electron chi connectivity index (χ0n) is 16.8. The molecule has 2 N–H and O–H groups in total. The third-order valence-corrected chi connectivity index (χ3v) is 4.80. The highest BCUT2D eigenvalue weighted by Gasteiger charge is 2.21. The predicted molar refractivity (Wildman–Crippen MR) is 107 cm³/mol. The van der Waals surface area contributed by atoms with Gasteiger partial charge in [-0.2, -0.15) is 0 Å². The summed E-state index contributed by atoms with van der Waals surface area (Å²) in [4.78, 5) is 6.86. The summed E-state index contributed by atoms with van der Waals surface area (Å²) in [6.45, 7) is 9.71. The van der Waals surface area contributed by atoms with Crippen LogP contribution in [0, 0.1) is 11.8 Å². The highest BCUT2D eigenvalue weighted by atomic mass is 16.5. The maximum Gasteiger partial charge on any atom is 0.191 e. The molecular weight excluding hydrogens is 328 g/mol. The Bertz CT molecular complexity index is 581. The fraction of sp³-hybridized carbons (Fsp3) is 0.650. The van der Waals surface area contributed by atoms with E-state index < -0.39 is 0 Å². The molecule has 0 amide bonds. The number of methoxy groups -OCH3 is 2. The molecule has 1 heterocycles. The van der Waals surface area contributed by atoms with Crippen LogP contribution in [0.2, 0.25) is 0 Å². The largest absolute Gasteiger partial charge is 0.493 e. The van der Waals surface area contributed by atoms with E-state index in [0.717, 1.165) is 47.9 Å². The maximum atomic E-state index is 5.36. The molecule has 1 fully saturated rings. The fourth-order valence-corrected chi connectivity index (χ4v) is 3.70. The van der Waals surface area contributed by atoms with Crippen LogP contribution in [-0.2, 0) is 6.54 Å². The molecule has 1 aliphatic heterocycles. The van der Waals surface area contributed by atoms with Gasteiger partial charge in [-0.15, -0.1) is 0 Å². The van der Waals surface area contributed by atoms with Gasteiger partial charge in [0, 0.05) is 39.8 Å². The average molecular weight is 363 g/mol. The van der Waals surface area contributed by atoms with Crippen LogP contribution in [0.4, 0.5) is 0 Å². The smallest absolute Gasteiger partial charge is 0.191 e. The van der Waals surface area contributed by atoms with Gasteiger partial charge in [0.2, 0.25) is 0 Å². The zero-order chi connectivity index (χ0) is 18.9. The summed E-state index contributed by atoms with van der Waals surface area (Å²) in [6.07, 6.45) is 1.35. The van der Waals surface area contributed by atoms with Crippen molar-refractivity contribution in [3.63, 3.8) is 0 Å². The number of guanidine groups is 1. The lowest BCUT2D eigenvalue weighted by Gasteiger charge is -2.35. The van der Waals surface area contributed by atoms with Crippen molar-refractivity contribution < 1.29 is 9.47 Å². The summed E-state index contributed by atoms with van der Waals surface area (Å²) >= 11 is 0. The SMILES string of the molecule is CN=C(NCCN1CC(C)CC(C)C1)NCc1ccc(OC)c(OC)c1. The van der Waals surface area contributed by atoms with Gasteiger partial charge in [0.05, 0.1) is 14.2 Å². The standard InChI is InChI=1S/C20H34N4O2/c1-15-10-16(2)14-24(13-15)9-8-22-20(21-3)23-12-17-6-7-18(25-4)19(11-17)26-5/h6-7,11,15-16H,8-10,12-14H2,1-5H3,(H2,21,22,23). The second kappa shape index (κ2) is 10.3. The van der Waals surface area contributed by atoms with Gasteiger partial charge in [-0.05, 0) is 36.0 Å². The van der Waals surface area contributed by atoms with Crippen LogP contribution in [0.1, 0.15) is 25.8 Å². The first-order chi connectivity index (χ1) is 12.5. The van der Waals surface area contributed by atoms with E-state index in [9.17, 15) is 0 Å². The number of benzene rings is 1. The lowest BCUT2D eigenvalue weighted by Crippen LogP contribution is -2.45. The van der Waals surface area contributed by atoms with Gasteiger partial charge in [-0.25, -0.2) is 0 Å². The number of hydrogen-bond donors (Lipinski definition) is 2. The van der Waals surface area contributed by atoms with E-state index in [0.29, 0.717) is 6.54 Å². The van der Waals surface area contributed by atoms with Crippen LogP contribution in [0.15, 0.2) is 23.2 Å². The Balaban J connectivity index is 1.77. The van der Waals surface area contributed by atoms with Gasteiger partial charge in [0.1, 0.15) is 0 Å². The summed E-state index contributed by atoms with van der Waals surface area (Å²) in [7, 11) is 5.10. The highest BCUT2D eigenvalue weighted by Crippen LogP contribution is 2.27. The number of rotatable bonds is 7. The molecule has 2 unspecified atom stereocenters. The predicted octanol–water partition coefficient (Wildman–Crippen LogP) is 2.35. The minimum atomic E-state index is 0.678. The second-order valence-electron chi connectivity index (χ2n) is 7.25. The molecule has 26 heavy (non-hydrogen) atoms. The van der Waals surface area contributed by atoms with Crippen molar-refractivity contribution in [2.24, 2.45) is 16.8 Å². The molecule has 146 valence electrons. The summed E-state index contributed by atoms with van der Waals surface area (Å²) in [5.41, 5.74) is 1.12. The molecule has 0 saturated carbocycles. The van der Waals surface area contributed by atoms with E-state index in [2.05, 4.69) is 34.4 Å². The third kappa shape index (κ3) is 6.09. The van der Waals surface area contributed by atoms with E-state index in [1.165, 1.54) is 19.5 Å². The number of ether oxygens (including phenoxy) is 2. The van der Waals surface area contributed by atoms with Crippen molar-refractivity contribution in [3.8, 4) is 11.5 Å². The Hall–Kier alpha value is -1.95. The van der Waals surface area contributed by atoms with Crippen LogP contribution in [-0.4, -0.2) is 58.3 Å². The molecule has 0 bridgehead atoms. The average Bonchev–Trinajstić information content (AvgIpc) is 2.63. The number of nitrogens with one attached hydrogen (secondary N) is 2. The first-order valence-electron chi connectivity index (χ1n) is 9.43. The quantitative estimate of drug-likeness (QED) is 0.576. The molecule has 0 spiro atoms. The van der Waals surface area contributed by atoms with Crippen LogP contribution in [0.25, 0.3) is 0 Å². The Morgan fingerprint density at radius 1 is 1.12 bits per heavy atom. The highest BCUT2D eigenvalue weighted by molar-refractivity contribution is 5.79. The lowest BCUT2D eigenvalue weighted by atomic mass is 9.92. The summed E-state index contributed by atoms with van der Waals surface area (Å²) in [5.74, 6) is 3.88. The lowest BCUT2D eigenvalue weighted by molar-refractivity contribution is 0.143. The molecule has 1 aliphatic rings. The van der Waals surface area contributed by atoms with Gasteiger partial charge in [-0.1, -0.05) is 19.9 Å². The number of hydrogen-bond acceptors (Lipinski definition) is 4. The minimum absolute atomic E-state index is 0.678. The molecule has 0 radical (unpaired) electrons. The molecule has 1 aromatic rings. The molecule has 6 heteroatoms. The molecular formula is C20H34N4O2. The fourth-order valence-electron chi connectivity index (χ4n) is 3.70. The Kier molecular flexibility index (Phi) is 8.04. The van der Waals surface area contributed by atoms with E-state index in [1.54, 1.807) is 21.3 Å². The maximum absolute atomic E-state index is 5.36. The molecule has 2 atom stereocenters. The molecule has 1 aromatic carbocycles. The first-order valence-corrected chi connectivity index (χ1v) is 9.43. The summed E-state index contributed by atoms with van der Waals surface area (Å²) in [6, 6.07) is 5.93. The molecule has 2 rings (SSSR count). The summed E-state index contributed by atoms with van der Waals surface area (Å²) in [5, 5.41) is 6.76. The molecule has 6 nitrogen and oxygen atoms in total. The third-order valence-electron chi connectivity index (χ3n) is 4.80. The van der Waals surface area contributed by atoms with Crippen LogP contribution < -0.4 is 20.1 Å². The van der Waals surface area contributed by atoms with E-state index in [1.807, 2.05) is 18.2 Å². The van der Waals surface area contributed by atoms with E-state index >= 15 is 0 Å². The minimum Gasteiger partial charge on any atom is -0.493 e. The van der Waals surface area contributed by atoms with Crippen molar-refractivity contribution in [2.45, 2.75) is 26.8 Å².